The molecule has 0 heterocycles. The summed E-state index contributed by atoms with van der Waals surface area (Å²) >= 11 is 0. The topological polar surface area (TPSA) is 63.7 Å². The lowest BCUT2D eigenvalue weighted by atomic mass is 9.53. The van der Waals surface area contributed by atoms with Crippen LogP contribution in [0.15, 0.2) is 30.3 Å². The van der Waals surface area contributed by atoms with E-state index >= 15 is 0 Å². The number of carbonyl (C=O) groups is 1. The summed E-state index contributed by atoms with van der Waals surface area (Å²) in [5.41, 5.74) is 1.01. The number of carbonyl (C=O) groups excluding carboxylic acids is 1. The quantitative estimate of drug-likeness (QED) is 0.776. The molecule has 0 bridgehead atoms. The number of hydrogen-bond donors (Lipinski definition) is 0. The van der Waals surface area contributed by atoms with Crippen molar-refractivity contribution in [2.24, 2.45) is 5.41 Å². The monoisotopic (exact) mass is 357 g/mol. The molecule has 0 N–H and O–H groups in total. The van der Waals surface area contributed by atoms with Gasteiger partial charge in [0, 0.05) is 23.8 Å². The molecule has 0 aromatic heterocycles. The fourth-order valence-electron chi connectivity index (χ4n) is 3.62. The second-order valence-corrected chi connectivity index (χ2v) is 9.63. The van der Waals surface area contributed by atoms with E-state index < -0.39 is 14.3 Å². The number of hydrogen-bond acceptors (Lipinski definition) is 4. The van der Waals surface area contributed by atoms with Crippen LogP contribution in [0, 0.1) is 5.41 Å². The first-order chi connectivity index (χ1) is 10.8. The molecule has 7 heteroatoms. The van der Waals surface area contributed by atoms with Gasteiger partial charge >= 0.3 is 6.09 Å². The van der Waals surface area contributed by atoms with Gasteiger partial charge in [-0.3, -0.25) is 0 Å². The maximum atomic E-state index is 12.1. The van der Waals surface area contributed by atoms with Crippen molar-refractivity contribution in [1.29, 1.82) is 0 Å². The average Bonchev–Trinajstić information content (AvgIpc) is 2.41. The SMILES string of the molecule is CN(C(=O)OCc1ccccc1)C1CC2(C1)CC(S(=O)(=O)Cl)C2. The minimum absolute atomic E-state index is 0.0608. The van der Waals surface area contributed by atoms with Crippen LogP contribution in [0.1, 0.15) is 31.2 Å². The molecular formula is C16H20ClNO4S. The van der Waals surface area contributed by atoms with Gasteiger partial charge in [-0.1, -0.05) is 30.3 Å². The molecule has 1 spiro atoms. The Morgan fingerprint density at radius 2 is 1.87 bits per heavy atom. The molecule has 0 aliphatic heterocycles. The van der Waals surface area contributed by atoms with Crippen LogP contribution < -0.4 is 0 Å². The molecule has 3 rings (SSSR count). The Morgan fingerprint density at radius 3 is 2.43 bits per heavy atom. The minimum Gasteiger partial charge on any atom is -0.445 e. The lowest BCUT2D eigenvalue weighted by Crippen LogP contribution is -2.58. The molecule has 1 amide bonds. The van der Waals surface area contributed by atoms with Crippen LogP contribution in [0.3, 0.4) is 0 Å². The Kier molecular flexibility index (Phi) is 4.31. The van der Waals surface area contributed by atoms with E-state index in [1.807, 2.05) is 30.3 Å². The van der Waals surface area contributed by atoms with E-state index in [0.29, 0.717) is 12.8 Å². The van der Waals surface area contributed by atoms with Crippen LogP contribution in [0.2, 0.25) is 0 Å². The minimum atomic E-state index is -3.44. The molecule has 5 nitrogen and oxygen atoms in total. The molecular weight excluding hydrogens is 338 g/mol. The van der Waals surface area contributed by atoms with Crippen LogP contribution in [0.4, 0.5) is 4.79 Å². The summed E-state index contributed by atoms with van der Waals surface area (Å²) < 4.78 is 27.8. The first-order valence-corrected chi connectivity index (χ1v) is 10.0. The highest BCUT2D eigenvalue weighted by Gasteiger charge is 2.57. The van der Waals surface area contributed by atoms with Gasteiger partial charge < -0.3 is 9.64 Å². The van der Waals surface area contributed by atoms with Crippen molar-refractivity contribution in [3.05, 3.63) is 35.9 Å². The third kappa shape index (κ3) is 3.48. The highest BCUT2D eigenvalue weighted by atomic mass is 35.7. The Balaban J connectivity index is 1.44. The molecule has 0 atom stereocenters. The fraction of sp³-hybridized carbons (Fsp3) is 0.562. The summed E-state index contributed by atoms with van der Waals surface area (Å²) in [7, 11) is 3.68. The predicted molar refractivity (Wildman–Crippen MR) is 87.6 cm³/mol. The van der Waals surface area contributed by atoms with E-state index in [4.69, 9.17) is 15.4 Å². The van der Waals surface area contributed by atoms with E-state index in [2.05, 4.69) is 0 Å². The highest BCUT2D eigenvalue weighted by molar-refractivity contribution is 8.14. The van der Waals surface area contributed by atoms with Gasteiger partial charge in [-0.15, -0.1) is 0 Å². The molecule has 1 aromatic carbocycles. The van der Waals surface area contributed by atoms with Gasteiger partial charge in [0.15, 0.2) is 0 Å². The van der Waals surface area contributed by atoms with Gasteiger partial charge in [0.1, 0.15) is 6.61 Å². The zero-order valence-electron chi connectivity index (χ0n) is 12.9. The van der Waals surface area contributed by atoms with Crippen molar-refractivity contribution in [3.8, 4) is 0 Å². The van der Waals surface area contributed by atoms with Gasteiger partial charge in [-0.2, -0.15) is 0 Å². The summed E-state index contributed by atoms with van der Waals surface area (Å²) in [6.45, 7) is 0.258. The molecule has 0 saturated heterocycles. The number of halogens is 1. The number of ether oxygens (including phenoxy) is 1. The Hall–Kier alpha value is -1.27. The smallest absolute Gasteiger partial charge is 0.410 e. The van der Waals surface area contributed by atoms with Gasteiger partial charge in [0.25, 0.3) is 0 Å². The van der Waals surface area contributed by atoms with Crippen molar-refractivity contribution in [1.82, 2.24) is 4.90 Å². The van der Waals surface area contributed by atoms with Crippen molar-refractivity contribution < 1.29 is 17.9 Å². The molecule has 1 aromatic rings. The van der Waals surface area contributed by atoms with Gasteiger partial charge in [0.05, 0.1) is 5.25 Å². The van der Waals surface area contributed by atoms with E-state index in [9.17, 15) is 13.2 Å². The summed E-state index contributed by atoms with van der Waals surface area (Å²) in [5, 5.41) is -0.416. The molecule has 2 aliphatic carbocycles. The first kappa shape index (κ1) is 16.6. The van der Waals surface area contributed by atoms with E-state index in [1.165, 1.54) is 0 Å². The molecule has 0 unspecified atom stereocenters. The zero-order chi connectivity index (χ0) is 16.7. The largest absolute Gasteiger partial charge is 0.445 e. The maximum Gasteiger partial charge on any atom is 0.410 e. The normalized spacial score (nSPS) is 29.5. The van der Waals surface area contributed by atoms with Crippen molar-refractivity contribution in [3.63, 3.8) is 0 Å². The van der Waals surface area contributed by atoms with Crippen LogP contribution in [0.25, 0.3) is 0 Å². The molecule has 2 fully saturated rings. The van der Waals surface area contributed by atoms with E-state index in [0.717, 1.165) is 18.4 Å². The van der Waals surface area contributed by atoms with Gasteiger partial charge in [-0.25, -0.2) is 13.2 Å². The average molecular weight is 358 g/mol. The van der Waals surface area contributed by atoms with E-state index in [1.54, 1.807) is 11.9 Å². The third-order valence-electron chi connectivity index (χ3n) is 5.10. The number of nitrogens with zero attached hydrogens (tertiary/aromatic N) is 1. The maximum absolute atomic E-state index is 12.1. The van der Waals surface area contributed by atoms with E-state index in [-0.39, 0.29) is 24.2 Å². The number of amides is 1. The Morgan fingerprint density at radius 1 is 1.26 bits per heavy atom. The fourth-order valence-corrected chi connectivity index (χ4v) is 5.11. The summed E-state index contributed by atoms with van der Waals surface area (Å²) in [4.78, 5) is 13.7. The number of benzene rings is 1. The van der Waals surface area contributed by atoms with Crippen LogP contribution >= 0.6 is 10.7 Å². The van der Waals surface area contributed by atoms with Gasteiger partial charge in [-0.05, 0) is 36.7 Å². The molecule has 0 radical (unpaired) electrons. The summed E-state index contributed by atoms with van der Waals surface area (Å²) in [6, 6.07) is 9.66. The van der Waals surface area contributed by atoms with Crippen molar-refractivity contribution in [2.75, 3.05) is 7.05 Å². The van der Waals surface area contributed by atoms with Crippen molar-refractivity contribution >= 4 is 25.8 Å². The van der Waals surface area contributed by atoms with Crippen LogP contribution in [0.5, 0.6) is 0 Å². The highest BCUT2D eigenvalue weighted by Crippen LogP contribution is 2.59. The standard InChI is InChI=1S/C16H20ClNO4S/c1-18(15(19)22-11-12-5-3-2-4-6-12)13-7-16(8-13)9-14(10-16)23(17,20)21/h2-6,13-14H,7-11H2,1H3. The summed E-state index contributed by atoms with van der Waals surface area (Å²) in [6.07, 6.45) is 2.54. The van der Waals surface area contributed by atoms with Gasteiger partial charge in [0.2, 0.25) is 9.05 Å². The second-order valence-electron chi connectivity index (χ2n) is 6.72. The van der Waals surface area contributed by atoms with Crippen LogP contribution in [-0.4, -0.2) is 37.8 Å². The lowest BCUT2D eigenvalue weighted by molar-refractivity contribution is -0.0416. The first-order valence-electron chi connectivity index (χ1n) is 7.66. The Bertz CT molecular complexity index is 677. The van der Waals surface area contributed by atoms with Crippen molar-refractivity contribution in [2.45, 2.75) is 43.6 Å². The number of rotatable bonds is 4. The summed E-state index contributed by atoms with van der Waals surface area (Å²) in [5.74, 6) is 0. The molecule has 2 saturated carbocycles. The molecule has 23 heavy (non-hydrogen) atoms. The Labute approximate surface area is 141 Å². The molecule has 2 aliphatic rings. The molecule has 126 valence electrons. The third-order valence-corrected chi connectivity index (χ3v) is 6.98. The predicted octanol–water partition coefficient (Wildman–Crippen LogP) is 3.13. The lowest BCUT2D eigenvalue weighted by Gasteiger charge is -2.58. The second kappa shape index (κ2) is 5.98. The van der Waals surface area contributed by atoms with Crippen LogP contribution in [-0.2, 0) is 20.4 Å². The zero-order valence-corrected chi connectivity index (χ0v) is 14.5.